The molecule has 0 aliphatic heterocycles. The first-order chi connectivity index (χ1) is 13.5. The SMILES string of the molecule is CC(C)c1ccccc1OCC(=O)NNC(=O)CCC(=O)Nc1ccccc1. The molecule has 7 nitrogen and oxygen atoms in total. The molecule has 0 aromatic heterocycles. The second-order valence-electron chi connectivity index (χ2n) is 6.49. The Labute approximate surface area is 164 Å². The number of hydrogen-bond acceptors (Lipinski definition) is 4. The number of ether oxygens (including phenoxy) is 1. The van der Waals surface area contributed by atoms with Crippen LogP contribution in [0.4, 0.5) is 5.69 Å². The molecule has 148 valence electrons. The van der Waals surface area contributed by atoms with Crippen LogP contribution in [0.25, 0.3) is 0 Å². The fourth-order valence-corrected chi connectivity index (χ4v) is 2.44. The molecule has 2 aromatic rings. The number of carbonyl (C=O) groups excluding carboxylic acids is 3. The Morgan fingerprint density at radius 2 is 1.43 bits per heavy atom. The van der Waals surface area contributed by atoms with Crippen molar-refractivity contribution in [2.75, 3.05) is 11.9 Å². The first-order valence-electron chi connectivity index (χ1n) is 9.10. The summed E-state index contributed by atoms with van der Waals surface area (Å²) in [6, 6.07) is 16.5. The summed E-state index contributed by atoms with van der Waals surface area (Å²) < 4.78 is 5.53. The summed E-state index contributed by atoms with van der Waals surface area (Å²) in [5.74, 6) is -0.321. The molecule has 2 rings (SSSR count). The molecule has 0 saturated carbocycles. The minimum Gasteiger partial charge on any atom is -0.483 e. The van der Waals surface area contributed by atoms with Gasteiger partial charge in [-0.3, -0.25) is 25.2 Å². The number of para-hydroxylation sites is 2. The van der Waals surface area contributed by atoms with E-state index in [9.17, 15) is 14.4 Å². The van der Waals surface area contributed by atoms with Gasteiger partial charge in [0.15, 0.2) is 6.61 Å². The molecule has 3 amide bonds. The molecule has 0 spiro atoms. The summed E-state index contributed by atoms with van der Waals surface area (Å²) in [6.07, 6.45) is -0.0369. The van der Waals surface area contributed by atoms with E-state index in [-0.39, 0.29) is 31.3 Å². The summed E-state index contributed by atoms with van der Waals surface area (Å²) in [7, 11) is 0. The smallest absolute Gasteiger partial charge is 0.276 e. The minimum atomic E-state index is -0.486. The van der Waals surface area contributed by atoms with Gasteiger partial charge in [-0.15, -0.1) is 0 Å². The van der Waals surface area contributed by atoms with E-state index < -0.39 is 11.8 Å². The van der Waals surface area contributed by atoms with Crippen LogP contribution < -0.4 is 20.9 Å². The summed E-state index contributed by atoms with van der Waals surface area (Å²) in [5, 5.41) is 2.69. The van der Waals surface area contributed by atoms with Gasteiger partial charge in [-0.05, 0) is 29.7 Å². The molecule has 0 saturated heterocycles. The fraction of sp³-hybridized carbons (Fsp3) is 0.286. The van der Waals surface area contributed by atoms with Crippen LogP contribution in [-0.4, -0.2) is 24.3 Å². The van der Waals surface area contributed by atoms with Crippen molar-refractivity contribution >= 4 is 23.4 Å². The number of hydrogen-bond donors (Lipinski definition) is 3. The number of carbonyl (C=O) groups is 3. The number of anilines is 1. The van der Waals surface area contributed by atoms with E-state index in [2.05, 4.69) is 16.2 Å². The lowest BCUT2D eigenvalue weighted by Crippen LogP contribution is -2.44. The highest BCUT2D eigenvalue weighted by atomic mass is 16.5. The van der Waals surface area contributed by atoms with Gasteiger partial charge in [-0.1, -0.05) is 50.2 Å². The Bertz CT molecular complexity index is 806. The van der Waals surface area contributed by atoms with Gasteiger partial charge in [-0.25, -0.2) is 0 Å². The van der Waals surface area contributed by atoms with Crippen molar-refractivity contribution in [3.8, 4) is 5.75 Å². The standard InChI is InChI=1S/C21H25N3O4/c1-15(2)17-10-6-7-11-18(17)28-14-21(27)24-23-20(26)13-12-19(25)22-16-8-4-3-5-9-16/h3-11,15H,12-14H2,1-2H3,(H,22,25)(H,23,26)(H,24,27). The van der Waals surface area contributed by atoms with E-state index in [4.69, 9.17) is 4.74 Å². The maximum Gasteiger partial charge on any atom is 0.276 e. The van der Waals surface area contributed by atoms with Crippen molar-refractivity contribution in [2.45, 2.75) is 32.6 Å². The van der Waals surface area contributed by atoms with Crippen molar-refractivity contribution in [2.24, 2.45) is 0 Å². The van der Waals surface area contributed by atoms with Crippen LogP contribution in [-0.2, 0) is 14.4 Å². The topological polar surface area (TPSA) is 96.5 Å². The molecule has 0 aliphatic rings. The van der Waals surface area contributed by atoms with Gasteiger partial charge in [0, 0.05) is 18.5 Å². The van der Waals surface area contributed by atoms with Gasteiger partial charge in [-0.2, -0.15) is 0 Å². The normalized spacial score (nSPS) is 10.2. The average molecular weight is 383 g/mol. The molecular formula is C21H25N3O4. The van der Waals surface area contributed by atoms with Gasteiger partial charge >= 0.3 is 0 Å². The van der Waals surface area contributed by atoms with E-state index >= 15 is 0 Å². The summed E-state index contributed by atoms with van der Waals surface area (Å²) in [5.41, 5.74) is 6.23. The van der Waals surface area contributed by atoms with Crippen LogP contribution in [0.1, 0.15) is 38.2 Å². The minimum absolute atomic E-state index is 0.00879. The number of amides is 3. The lowest BCUT2D eigenvalue weighted by Gasteiger charge is -2.14. The molecular weight excluding hydrogens is 358 g/mol. The third-order valence-electron chi connectivity index (χ3n) is 3.88. The molecule has 0 bridgehead atoms. The van der Waals surface area contributed by atoms with Crippen molar-refractivity contribution < 1.29 is 19.1 Å². The number of nitrogens with one attached hydrogen (secondary N) is 3. The highest BCUT2D eigenvalue weighted by Crippen LogP contribution is 2.25. The van der Waals surface area contributed by atoms with Crippen LogP contribution in [0.3, 0.4) is 0 Å². The largest absolute Gasteiger partial charge is 0.483 e. The molecule has 3 N–H and O–H groups in total. The van der Waals surface area contributed by atoms with Crippen LogP contribution in [0.5, 0.6) is 5.75 Å². The van der Waals surface area contributed by atoms with Gasteiger partial charge in [0.25, 0.3) is 5.91 Å². The first kappa shape index (κ1) is 21.0. The summed E-state index contributed by atoms with van der Waals surface area (Å²) in [6.45, 7) is 3.85. The molecule has 0 heterocycles. The van der Waals surface area contributed by atoms with E-state index in [1.165, 1.54) is 0 Å². The van der Waals surface area contributed by atoms with Gasteiger partial charge < -0.3 is 10.1 Å². The molecule has 7 heteroatoms. The zero-order valence-electron chi connectivity index (χ0n) is 16.0. The average Bonchev–Trinajstić information content (AvgIpc) is 2.70. The molecule has 0 atom stereocenters. The van der Waals surface area contributed by atoms with Crippen LogP contribution in [0, 0.1) is 0 Å². The Morgan fingerprint density at radius 3 is 2.14 bits per heavy atom. The van der Waals surface area contributed by atoms with E-state index in [0.29, 0.717) is 11.4 Å². The third-order valence-corrected chi connectivity index (χ3v) is 3.88. The van der Waals surface area contributed by atoms with E-state index in [1.807, 2.05) is 38.1 Å². The van der Waals surface area contributed by atoms with Crippen LogP contribution in [0.2, 0.25) is 0 Å². The maximum atomic E-state index is 11.9. The van der Waals surface area contributed by atoms with Crippen molar-refractivity contribution in [3.63, 3.8) is 0 Å². The summed E-state index contributed by atoms with van der Waals surface area (Å²) >= 11 is 0. The van der Waals surface area contributed by atoms with Gasteiger partial charge in [0.05, 0.1) is 0 Å². The van der Waals surface area contributed by atoms with Gasteiger partial charge in [0.1, 0.15) is 5.75 Å². The predicted octanol–water partition coefficient (Wildman–Crippen LogP) is 2.76. The van der Waals surface area contributed by atoms with Gasteiger partial charge in [0.2, 0.25) is 11.8 Å². The monoisotopic (exact) mass is 383 g/mol. The maximum absolute atomic E-state index is 11.9. The van der Waals surface area contributed by atoms with Crippen LogP contribution in [0.15, 0.2) is 54.6 Å². The van der Waals surface area contributed by atoms with Crippen molar-refractivity contribution in [1.29, 1.82) is 0 Å². The number of rotatable bonds is 8. The highest BCUT2D eigenvalue weighted by molar-refractivity contribution is 5.93. The third kappa shape index (κ3) is 7.11. The first-order valence-corrected chi connectivity index (χ1v) is 9.10. The highest BCUT2D eigenvalue weighted by Gasteiger charge is 2.11. The Kier molecular flexibility index (Phi) is 8.02. The molecule has 0 radical (unpaired) electrons. The second-order valence-corrected chi connectivity index (χ2v) is 6.49. The second kappa shape index (κ2) is 10.7. The lowest BCUT2D eigenvalue weighted by atomic mass is 10.0. The lowest BCUT2D eigenvalue weighted by molar-refractivity contribution is -0.130. The van der Waals surface area contributed by atoms with E-state index in [0.717, 1.165) is 5.56 Å². The summed E-state index contributed by atoms with van der Waals surface area (Å²) in [4.78, 5) is 35.4. The van der Waals surface area contributed by atoms with Crippen molar-refractivity contribution in [1.82, 2.24) is 10.9 Å². The molecule has 28 heavy (non-hydrogen) atoms. The zero-order chi connectivity index (χ0) is 20.4. The van der Waals surface area contributed by atoms with Crippen molar-refractivity contribution in [3.05, 3.63) is 60.2 Å². The quantitative estimate of drug-likeness (QED) is 0.611. The predicted molar refractivity (Wildman–Crippen MR) is 107 cm³/mol. The molecule has 0 aliphatic carbocycles. The Balaban J connectivity index is 1.67. The van der Waals surface area contributed by atoms with E-state index in [1.54, 1.807) is 30.3 Å². The molecule has 0 unspecified atom stereocenters. The Hall–Kier alpha value is -3.35. The van der Waals surface area contributed by atoms with Crippen LogP contribution >= 0.6 is 0 Å². The molecule has 0 fully saturated rings. The zero-order valence-corrected chi connectivity index (χ0v) is 16.0. The number of hydrazine groups is 1. The number of benzene rings is 2. The fourth-order valence-electron chi connectivity index (χ4n) is 2.44. The Morgan fingerprint density at radius 1 is 0.821 bits per heavy atom. The molecule has 2 aromatic carbocycles.